The van der Waals surface area contributed by atoms with Gasteiger partial charge < -0.3 is 20.5 Å². The van der Waals surface area contributed by atoms with Crippen molar-refractivity contribution in [1.29, 1.82) is 0 Å². The smallest absolute Gasteiger partial charge is 0.198 e. The Kier molecular flexibility index (Phi) is 6.44. The molecule has 204 valence electrons. The lowest BCUT2D eigenvalue weighted by atomic mass is 10.0. The Balaban J connectivity index is 1.58. The quantitative estimate of drug-likeness (QED) is 0.488. The van der Waals surface area contributed by atoms with Crippen LogP contribution >= 0.6 is 0 Å². The number of anilines is 2. The Hall–Kier alpha value is -3.67. The summed E-state index contributed by atoms with van der Waals surface area (Å²) in [6.45, 7) is 9.30. The van der Waals surface area contributed by atoms with E-state index in [1.54, 1.807) is 6.20 Å². The summed E-state index contributed by atoms with van der Waals surface area (Å²) in [4.78, 5) is 20.4. The summed E-state index contributed by atoms with van der Waals surface area (Å²) in [5.74, 6) is -0.907. The van der Waals surface area contributed by atoms with Crippen LogP contribution in [0.15, 0.2) is 41.5 Å². The molecule has 0 radical (unpaired) electrons. The molecule has 0 aliphatic carbocycles. The summed E-state index contributed by atoms with van der Waals surface area (Å²) in [5, 5.41) is 10.5. The van der Waals surface area contributed by atoms with Crippen LogP contribution in [0.3, 0.4) is 0 Å². The zero-order valence-corrected chi connectivity index (χ0v) is 22.1. The van der Waals surface area contributed by atoms with Crippen molar-refractivity contribution < 1.29 is 18.6 Å². The van der Waals surface area contributed by atoms with Crippen LogP contribution in [-0.2, 0) is 4.74 Å². The fourth-order valence-electron chi connectivity index (χ4n) is 5.38. The molecule has 0 spiro atoms. The number of hydrogen-bond acceptors (Lipinski definition) is 9. The van der Waals surface area contributed by atoms with Crippen molar-refractivity contribution in [2.24, 2.45) is 10.7 Å². The van der Waals surface area contributed by atoms with Crippen LogP contribution in [0.4, 0.5) is 20.3 Å². The monoisotopic (exact) mass is 535 g/mol. The van der Waals surface area contributed by atoms with Crippen molar-refractivity contribution >= 4 is 17.3 Å². The zero-order valence-electron chi connectivity index (χ0n) is 22.1. The third-order valence-electron chi connectivity index (χ3n) is 7.48. The minimum Gasteiger partial charge on any atom is -0.507 e. The molecular weight excluding hydrogens is 504 g/mol. The molecule has 2 saturated heterocycles. The van der Waals surface area contributed by atoms with Gasteiger partial charge in [0.15, 0.2) is 18.3 Å². The van der Waals surface area contributed by atoms with E-state index in [9.17, 15) is 9.50 Å². The maximum atomic E-state index is 15.8. The SMILES string of the molecule is Cc1ccnc(C(C)C)c1N1c2nc(-c3c(O)cccc3F)c(F)cc2C(N2CCN(CN)CC2)=NC2OC21. The van der Waals surface area contributed by atoms with E-state index >= 15 is 4.39 Å². The number of benzene rings is 1. The minimum absolute atomic E-state index is 0.0732. The molecule has 6 rings (SSSR count). The molecule has 0 bridgehead atoms. The van der Waals surface area contributed by atoms with Crippen molar-refractivity contribution in [2.75, 3.05) is 37.7 Å². The number of amidine groups is 1. The Labute approximate surface area is 225 Å². The average Bonchev–Trinajstić information content (AvgIpc) is 3.69. The number of nitrogens with two attached hydrogens (primary N) is 1. The molecule has 0 saturated carbocycles. The van der Waals surface area contributed by atoms with Crippen molar-refractivity contribution in [3.63, 3.8) is 0 Å². The fraction of sp³-hybridized carbons (Fsp3) is 0.393. The van der Waals surface area contributed by atoms with Gasteiger partial charge in [0.1, 0.15) is 28.9 Å². The second kappa shape index (κ2) is 9.82. The number of aromatic hydroxyl groups is 1. The first-order valence-electron chi connectivity index (χ1n) is 13.1. The van der Waals surface area contributed by atoms with Crippen LogP contribution in [0.5, 0.6) is 5.75 Å². The molecule has 2 aromatic heterocycles. The molecule has 3 N–H and O–H groups in total. The van der Waals surface area contributed by atoms with Gasteiger partial charge in [-0.05, 0) is 42.7 Å². The number of halogens is 2. The molecule has 2 fully saturated rings. The van der Waals surface area contributed by atoms with E-state index < -0.39 is 29.8 Å². The van der Waals surface area contributed by atoms with Crippen LogP contribution in [0.1, 0.15) is 36.6 Å². The van der Waals surface area contributed by atoms with Crippen molar-refractivity contribution in [1.82, 2.24) is 19.8 Å². The Morgan fingerprint density at radius 2 is 1.90 bits per heavy atom. The van der Waals surface area contributed by atoms with Crippen molar-refractivity contribution in [3.05, 3.63) is 65.0 Å². The number of epoxide rings is 1. The Morgan fingerprint density at radius 1 is 1.13 bits per heavy atom. The normalized spacial score (nSPS) is 20.9. The number of pyridine rings is 2. The van der Waals surface area contributed by atoms with E-state index in [1.165, 1.54) is 24.3 Å². The maximum absolute atomic E-state index is 15.8. The topological polar surface area (TPSA) is 107 Å². The fourth-order valence-corrected chi connectivity index (χ4v) is 5.38. The summed E-state index contributed by atoms with van der Waals surface area (Å²) in [7, 11) is 0. The molecular formula is C28H31F2N7O2. The molecule has 3 aliphatic heterocycles. The second-order valence-electron chi connectivity index (χ2n) is 10.4. The molecule has 3 aliphatic rings. The number of aromatic nitrogens is 2. The second-order valence-corrected chi connectivity index (χ2v) is 10.4. The summed E-state index contributed by atoms with van der Waals surface area (Å²) >= 11 is 0. The number of fused-ring (bicyclic) bond motifs is 2. The molecule has 1 aromatic carbocycles. The molecule has 9 nitrogen and oxygen atoms in total. The Morgan fingerprint density at radius 3 is 2.59 bits per heavy atom. The van der Waals surface area contributed by atoms with Gasteiger partial charge in [-0.25, -0.2) is 18.8 Å². The highest BCUT2D eigenvalue weighted by Gasteiger charge is 2.50. The predicted octanol–water partition coefficient (Wildman–Crippen LogP) is 3.67. The summed E-state index contributed by atoms with van der Waals surface area (Å²) in [5.41, 5.74) is 8.31. The molecule has 0 amide bonds. The third-order valence-corrected chi connectivity index (χ3v) is 7.48. The highest BCUT2D eigenvalue weighted by Crippen LogP contribution is 2.46. The van der Waals surface area contributed by atoms with Crippen LogP contribution in [0, 0.1) is 18.6 Å². The summed E-state index contributed by atoms with van der Waals surface area (Å²) < 4.78 is 36.8. The van der Waals surface area contributed by atoms with E-state index in [2.05, 4.69) is 28.6 Å². The number of ether oxygens (including phenoxy) is 1. The van der Waals surface area contributed by atoms with Gasteiger partial charge in [-0.1, -0.05) is 19.9 Å². The predicted molar refractivity (Wildman–Crippen MR) is 144 cm³/mol. The van der Waals surface area contributed by atoms with Gasteiger partial charge in [0.2, 0.25) is 0 Å². The largest absolute Gasteiger partial charge is 0.507 e. The first-order chi connectivity index (χ1) is 18.8. The van der Waals surface area contributed by atoms with Crippen molar-refractivity contribution in [2.45, 2.75) is 39.1 Å². The highest BCUT2D eigenvalue weighted by atomic mass is 19.1. The van der Waals surface area contributed by atoms with Crippen molar-refractivity contribution in [3.8, 4) is 17.0 Å². The zero-order chi connectivity index (χ0) is 27.4. The van der Waals surface area contributed by atoms with E-state index in [1.807, 2.05) is 17.9 Å². The van der Waals surface area contributed by atoms with E-state index in [0.29, 0.717) is 37.0 Å². The standard InChI is InChI=1S/C28H31F2N7O2/c1-15(2)22-24(16(3)7-8-32-22)37-26-17(13-19(30)23(33-26)21-18(29)5-4-6-20(21)38)25(34-27-28(37)39-27)36-11-9-35(14-31)10-12-36/h4-8,13,15,27-28,38H,9-12,14,31H2,1-3H3. The molecule has 5 heterocycles. The minimum atomic E-state index is -0.769. The number of aryl methyl sites for hydroxylation is 1. The summed E-state index contributed by atoms with van der Waals surface area (Å²) in [6.07, 6.45) is 0.777. The first kappa shape index (κ1) is 25.6. The number of phenols is 1. The van der Waals surface area contributed by atoms with E-state index in [0.717, 1.165) is 30.0 Å². The highest BCUT2D eigenvalue weighted by molar-refractivity contribution is 6.05. The molecule has 39 heavy (non-hydrogen) atoms. The average molecular weight is 536 g/mol. The van der Waals surface area contributed by atoms with Gasteiger partial charge in [0.25, 0.3) is 0 Å². The summed E-state index contributed by atoms with van der Waals surface area (Å²) in [6, 6.07) is 7.10. The molecule has 2 atom stereocenters. The van der Waals surface area contributed by atoms with Crippen LogP contribution in [0.2, 0.25) is 0 Å². The lowest BCUT2D eigenvalue weighted by Gasteiger charge is -2.36. The number of nitrogens with zero attached hydrogens (tertiary/aromatic N) is 6. The van der Waals surface area contributed by atoms with E-state index in [-0.39, 0.29) is 17.2 Å². The van der Waals surface area contributed by atoms with Gasteiger partial charge in [0.05, 0.1) is 22.5 Å². The van der Waals surface area contributed by atoms with Gasteiger partial charge in [-0.15, -0.1) is 0 Å². The number of aliphatic imine (C=N–C) groups is 1. The van der Waals surface area contributed by atoms with E-state index in [4.69, 9.17) is 20.4 Å². The Bertz CT molecular complexity index is 1440. The van der Waals surface area contributed by atoms with Gasteiger partial charge in [-0.2, -0.15) is 0 Å². The first-order valence-corrected chi connectivity index (χ1v) is 13.1. The number of piperazine rings is 1. The number of phenolic OH excluding ortho intramolecular Hbond substituents is 1. The number of rotatable bonds is 4. The lowest BCUT2D eigenvalue weighted by Crippen LogP contribution is -2.50. The molecule has 11 heteroatoms. The van der Waals surface area contributed by atoms with Crippen LogP contribution < -0.4 is 10.6 Å². The van der Waals surface area contributed by atoms with Gasteiger partial charge in [-0.3, -0.25) is 14.8 Å². The van der Waals surface area contributed by atoms with Gasteiger partial charge >= 0.3 is 0 Å². The molecule has 3 aromatic rings. The lowest BCUT2D eigenvalue weighted by molar-refractivity contribution is 0.186. The van der Waals surface area contributed by atoms with Crippen LogP contribution in [0.25, 0.3) is 11.3 Å². The number of hydrogen-bond donors (Lipinski definition) is 2. The third kappa shape index (κ3) is 4.40. The molecule has 2 unspecified atom stereocenters. The maximum Gasteiger partial charge on any atom is 0.198 e. The van der Waals surface area contributed by atoms with Gasteiger partial charge in [0, 0.05) is 39.0 Å². The van der Waals surface area contributed by atoms with Crippen LogP contribution in [-0.4, -0.2) is 76.0 Å².